The van der Waals surface area contributed by atoms with Crippen LogP contribution in [0, 0.1) is 34.5 Å². The molecule has 4 rings (SSSR count). The van der Waals surface area contributed by atoms with Crippen LogP contribution in [-0.4, -0.2) is 0 Å². The van der Waals surface area contributed by atoms with Gasteiger partial charge in [-0.2, -0.15) is 0 Å². The van der Waals surface area contributed by atoms with E-state index < -0.39 is 0 Å². The first-order valence-corrected chi connectivity index (χ1v) is 6.59. The lowest BCUT2D eigenvalue weighted by molar-refractivity contribution is -0.129. The predicted molar refractivity (Wildman–Crippen MR) is 60.0 cm³/mol. The molecule has 80 valence electrons. The molecule has 0 aliphatic heterocycles. The quantitative estimate of drug-likeness (QED) is 0.586. The number of fused-ring (bicyclic) bond motifs is 1. The van der Waals surface area contributed by atoms with E-state index in [-0.39, 0.29) is 0 Å². The van der Waals surface area contributed by atoms with Gasteiger partial charge in [-0.25, -0.2) is 0 Å². The lowest BCUT2D eigenvalue weighted by Gasteiger charge is -2.60. The van der Waals surface area contributed by atoms with Crippen LogP contribution in [0.5, 0.6) is 0 Å². The summed E-state index contributed by atoms with van der Waals surface area (Å²) in [6.07, 6.45) is 6.09. The Balaban J connectivity index is 2.02. The molecule has 0 nitrogen and oxygen atoms in total. The molecule has 0 N–H and O–H groups in total. The molecule has 6 atom stereocenters. The molecule has 14 heavy (non-hydrogen) atoms. The molecule has 2 bridgehead atoms. The van der Waals surface area contributed by atoms with Crippen molar-refractivity contribution in [2.75, 3.05) is 0 Å². The predicted octanol–water partition coefficient (Wildman–Crippen LogP) is 4.10. The standard InChI is InChI=1S/C14H24/c1-5-13-6-7-14(11(13)4)10(3)9(2)8-12(13)14/h9-12H,5-8H2,1-4H3. The molecule has 0 radical (unpaired) electrons. The highest BCUT2D eigenvalue weighted by Gasteiger charge is 2.76. The van der Waals surface area contributed by atoms with Crippen LogP contribution in [0.15, 0.2) is 0 Å². The zero-order valence-corrected chi connectivity index (χ0v) is 10.1. The van der Waals surface area contributed by atoms with E-state index in [0.29, 0.717) is 0 Å². The van der Waals surface area contributed by atoms with Crippen molar-refractivity contribution in [2.45, 2.75) is 53.4 Å². The highest BCUT2D eigenvalue weighted by atomic mass is 14.8. The van der Waals surface area contributed by atoms with Gasteiger partial charge in [-0.15, -0.1) is 0 Å². The van der Waals surface area contributed by atoms with Crippen molar-refractivity contribution >= 4 is 0 Å². The molecule has 6 unspecified atom stereocenters. The molecule has 0 aromatic heterocycles. The van der Waals surface area contributed by atoms with Crippen molar-refractivity contribution in [3.05, 3.63) is 0 Å². The molecule has 0 aromatic carbocycles. The van der Waals surface area contributed by atoms with Crippen molar-refractivity contribution in [1.82, 2.24) is 0 Å². The molecular formula is C14H24. The first-order valence-electron chi connectivity index (χ1n) is 6.59. The second-order valence-corrected chi connectivity index (χ2v) is 6.48. The van der Waals surface area contributed by atoms with Gasteiger partial charge in [-0.3, -0.25) is 0 Å². The van der Waals surface area contributed by atoms with Crippen LogP contribution in [0.2, 0.25) is 0 Å². The van der Waals surface area contributed by atoms with Crippen molar-refractivity contribution in [2.24, 2.45) is 34.5 Å². The third-order valence-corrected chi connectivity index (χ3v) is 7.00. The zero-order valence-electron chi connectivity index (χ0n) is 10.1. The van der Waals surface area contributed by atoms with Gasteiger partial charge >= 0.3 is 0 Å². The first-order chi connectivity index (χ1) is 6.59. The van der Waals surface area contributed by atoms with E-state index in [0.717, 1.165) is 34.5 Å². The van der Waals surface area contributed by atoms with Gasteiger partial charge in [0.05, 0.1) is 0 Å². The van der Waals surface area contributed by atoms with Crippen LogP contribution < -0.4 is 0 Å². The van der Waals surface area contributed by atoms with Gasteiger partial charge in [0.15, 0.2) is 0 Å². The Hall–Kier alpha value is 0. The fraction of sp³-hybridized carbons (Fsp3) is 1.00. The number of rotatable bonds is 1. The molecule has 1 spiro atoms. The maximum Gasteiger partial charge on any atom is -0.0204 e. The normalized spacial score (nSPS) is 65.1. The van der Waals surface area contributed by atoms with Crippen LogP contribution in [0.1, 0.15) is 53.4 Å². The van der Waals surface area contributed by atoms with Crippen molar-refractivity contribution < 1.29 is 0 Å². The lowest BCUT2D eigenvalue weighted by atomic mass is 9.44. The van der Waals surface area contributed by atoms with Crippen LogP contribution in [0.3, 0.4) is 0 Å². The molecule has 4 fully saturated rings. The summed E-state index contributed by atoms with van der Waals surface area (Å²) in [5.41, 5.74) is 1.59. The Kier molecular flexibility index (Phi) is 1.58. The van der Waals surface area contributed by atoms with Gasteiger partial charge in [0.25, 0.3) is 0 Å². The van der Waals surface area contributed by atoms with Crippen molar-refractivity contribution in [3.63, 3.8) is 0 Å². The lowest BCUT2D eigenvalue weighted by Crippen LogP contribution is -2.55. The third-order valence-electron chi connectivity index (χ3n) is 7.00. The van der Waals surface area contributed by atoms with Crippen molar-refractivity contribution in [1.29, 1.82) is 0 Å². The van der Waals surface area contributed by atoms with E-state index in [1.165, 1.54) is 6.42 Å². The largest absolute Gasteiger partial charge is 0.0648 e. The maximum atomic E-state index is 2.56. The number of hydrogen-bond acceptors (Lipinski definition) is 0. The average Bonchev–Trinajstić information content (AvgIpc) is 2.74. The van der Waals surface area contributed by atoms with Crippen molar-refractivity contribution in [3.8, 4) is 0 Å². The summed E-state index contributed by atoms with van der Waals surface area (Å²) in [4.78, 5) is 0. The first kappa shape index (κ1) is 9.24. The van der Waals surface area contributed by atoms with Crippen LogP contribution in [0.4, 0.5) is 0 Å². The Morgan fingerprint density at radius 1 is 1.14 bits per heavy atom. The van der Waals surface area contributed by atoms with Gasteiger partial charge in [-0.05, 0) is 60.2 Å². The molecule has 0 saturated heterocycles. The minimum atomic E-state index is 0.791. The Labute approximate surface area is 88.5 Å². The van der Waals surface area contributed by atoms with Crippen LogP contribution in [-0.2, 0) is 0 Å². The molecule has 0 amide bonds. The second-order valence-electron chi connectivity index (χ2n) is 6.48. The highest BCUT2D eigenvalue weighted by molar-refractivity contribution is 5.24. The zero-order chi connectivity index (χ0) is 10.1. The highest BCUT2D eigenvalue weighted by Crippen LogP contribution is 2.83. The van der Waals surface area contributed by atoms with Gasteiger partial charge in [0.2, 0.25) is 0 Å². The minimum absolute atomic E-state index is 0.791. The SMILES string of the molecule is CCC12CCC3(C(C)C(C)CC13)C2C. The molecule has 0 aromatic rings. The summed E-state index contributed by atoms with van der Waals surface area (Å²) >= 11 is 0. The smallest absolute Gasteiger partial charge is 0.0204 e. The number of hydrogen-bond donors (Lipinski definition) is 0. The molecule has 0 heteroatoms. The average molecular weight is 192 g/mol. The van der Waals surface area contributed by atoms with E-state index in [9.17, 15) is 0 Å². The summed E-state index contributed by atoms with van der Waals surface area (Å²) in [6.45, 7) is 10.0. The van der Waals surface area contributed by atoms with Gasteiger partial charge in [0.1, 0.15) is 0 Å². The van der Waals surface area contributed by atoms with Gasteiger partial charge in [0, 0.05) is 0 Å². The molecule has 4 saturated carbocycles. The Bertz CT molecular complexity index is 269. The fourth-order valence-corrected chi connectivity index (χ4v) is 6.04. The molecule has 0 heterocycles. The monoisotopic (exact) mass is 192 g/mol. The Morgan fingerprint density at radius 3 is 2.50 bits per heavy atom. The van der Waals surface area contributed by atoms with E-state index in [1.807, 2.05) is 0 Å². The third kappa shape index (κ3) is 0.630. The van der Waals surface area contributed by atoms with E-state index in [1.54, 1.807) is 19.3 Å². The summed E-state index contributed by atoms with van der Waals surface area (Å²) in [5, 5.41) is 0. The van der Waals surface area contributed by atoms with Gasteiger partial charge < -0.3 is 0 Å². The van der Waals surface area contributed by atoms with E-state index >= 15 is 0 Å². The topological polar surface area (TPSA) is 0 Å². The summed E-state index contributed by atoms with van der Waals surface area (Å²) in [6, 6.07) is 0. The molecule has 4 aliphatic rings. The van der Waals surface area contributed by atoms with Crippen LogP contribution >= 0.6 is 0 Å². The minimum Gasteiger partial charge on any atom is -0.0648 e. The van der Waals surface area contributed by atoms with Crippen LogP contribution in [0.25, 0.3) is 0 Å². The summed E-state index contributed by atoms with van der Waals surface area (Å²) in [7, 11) is 0. The Morgan fingerprint density at radius 2 is 1.86 bits per heavy atom. The summed E-state index contributed by atoms with van der Waals surface area (Å²) < 4.78 is 0. The van der Waals surface area contributed by atoms with Gasteiger partial charge in [-0.1, -0.05) is 27.7 Å². The van der Waals surface area contributed by atoms with E-state index in [4.69, 9.17) is 0 Å². The molecular weight excluding hydrogens is 168 g/mol. The fourth-order valence-electron chi connectivity index (χ4n) is 6.04. The summed E-state index contributed by atoms with van der Waals surface area (Å²) in [5.74, 6) is 4.14. The van der Waals surface area contributed by atoms with E-state index in [2.05, 4.69) is 27.7 Å². The maximum absolute atomic E-state index is 2.56. The second kappa shape index (κ2) is 2.39. The molecule has 4 aliphatic carbocycles.